The molecule has 11 heteroatoms. The van der Waals surface area contributed by atoms with Crippen LogP contribution in [0.25, 0.3) is 11.3 Å². The first kappa shape index (κ1) is 18.3. The van der Waals surface area contributed by atoms with Crippen LogP contribution < -0.4 is 11.2 Å². The number of nitrogens with one attached hydrogen (secondary N) is 1. The van der Waals surface area contributed by atoms with E-state index < -0.39 is 16.9 Å². The quantitative estimate of drug-likeness (QED) is 0.508. The third kappa shape index (κ3) is 3.83. The zero-order chi connectivity index (χ0) is 18.8. The van der Waals surface area contributed by atoms with Crippen LogP contribution in [0, 0.1) is 18.6 Å². The number of hydrogen-bond acceptors (Lipinski definition) is 7. The van der Waals surface area contributed by atoms with Gasteiger partial charge in [-0.05, 0) is 32.0 Å². The zero-order valence-corrected chi connectivity index (χ0v) is 15.4. The predicted octanol–water partition coefficient (Wildman–Crippen LogP) is 2.82. The largest absolute Gasteiger partial charge is 0.336 e. The van der Waals surface area contributed by atoms with Gasteiger partial charge in [0.2, 0.25) is 11.1 Å². The minimum absolute atomic E-state index is 0.290. The number of nitrogen functional groups attached to an aromatic ring is 1. The van der Waals surface area contributed by atoms with Gasteiger partial charge in [0.1, 0.15) is 5.82 Å². The Morgan fingerprint density at radius 3 is 2.77 bits per heavy atom. The third-order valence-electron chi connectivity index (χ3n) is 3.44. The summed E-state index contributed by atoms with van der Waals surface area (Å²) in [5.41, 5.74) is 0.872. The number of aryl methyl sites for hydroxylation is 1. The molecule has 3 N–H and O–H groups in total. The van der Waals surface area contributed by atoms with Crippen LogP contribution in [0.4, 0.5) is 13.9 Å². The molecule has 1 aromatic carbocycles. The fourth-order valence-electron chi connectivity index (χ4n) is 1.97. The first-order chi connectivity index (χ1) is 12.3. The van der Waals surface area contributed by atoms with Crippen molar-refractivity contribution in [2.45, 2.75) is 24.3 Å². The fourth-order valence-corrected chi connectivity index (χ4v) is 3.51. The highest BCUT2D eigenvalue weighted by Gasteiger charge is 2.20. The maximum absolute atomic E-state index is 13.3. The molecular formula is C15H14F2N6OS2. The van der Waals surface area contributed by atoms with E-state index >= 15 is 0 Å². The van der Waals surface area contributed by atoms with E-state index in [-0.39, 0.29) is 5.91 Å². The molecule has 26 heavy (non-hydrogen) atoms. The lowest BCUT2D eigenvalue weighted by atomic mass is 10.2. The lowest BCUT2D eigenvalue weighted by Gasteiger charge is -2.09. The number of carbonyl (C=O) groups is 1. The molecule has 1 atom stereocenters. The third-order valence-corrected chi connectivity index (χ3v) is 5.25. The summed E-state index contributed by atoms with van der Waals surface area (Å²) in [5, 5.41) is 12.4. The Labute approximate surface area is 155 Å². The topological polar surface area (TPSA) is 98.7 Å². The molecule has 3 aromatic rings. The molecule has 0 spiro atoms. The van der Waals surface area contributed by atoms with E-state index in [0.717, 1.165) is 23.9 Å². The Balaban J connectivity index is 1.67. The van der Waals surface area contributed by atoms with Crippen molar-refractivity contribution in [1.29, 1.82) is 0 Å². The van der Waals surface area contributed by atoms with Crippen molar-refractivity contribution in [3.8, 4) is 11.3 Å². The molecule has 1 amide bonds. The molecule has 3 rings (SSSR count). The number of amides is 1. The van der Waals surface area contributed by atoms with Gasteiger partial charge < -0.3 is 11.2 Å². The Kier molecular flexibility index (Phi) is 5.18. The van der Waals surface area contributed by atoms with Crippen molar-refractivity contribution in [3.63, 3.8) is 0 Å². The second kappa shape index (κ2) is 7.38. The van der Waals surface area contributed by atoms with Gasteiger partial charge in [0.05, 0.1) is 10.9 Å². The molecule has 0 radical (unpaired) electrons. The van der Waals surface area contributed by atoms with Gasteiger partial charge in [0, 0.05) is 10.9 Å². The molecule has 0 aliphatic rings. The normalized spacial score (nSPS) is 12.2. The van der Waals surface area contributed by atoms with Gasteiger partial charge in [-0.2, -0.15) is 0 Å². The molecular weight excluding hydrogens is 382 g/mol. The van der Waals surface area contributed by atoms with Crippen molar-refractivity contribution >= 4 is 34.1 Å². The van der Waals surface area contributed by atoms with Crippen molar-refractivity contribution in [3.05, 3.63) is 41.0 Å². The molecule has 2 heterocycles. The van der Waals surface area contributed by atoms with E-state index in [2.05, 4.69) is 20.5 Å². The summed E-state index contributed by atoms with van der Waals surface area (Å²) in [6.07, 6.45) is 0. The summed E-state index contributed by atoms with van der Waals surface area (Å²) in [5.74, 6) is 4.14. The number of halogens is 2. The van der Waals surface area contributed by atoms with E-state index in [9.17, 15) is 13.6 Å². The van der Waals surface area contributed by atoms with Crippen molar-refractivity contribution in [2.75, 3.05) is 11.2 Å². The van der Waals surface area contributed by atoms with Crippen LogP contribution >= 0.6 is 23.1 Å². The highest BCUT2D eigenvalue weighted by Crippen LogP contribution is 2.27. The minimum Gasteiger partial charge on any atom is -0.336 e. The summed E-state index contributed by atoms with van der Waals surface area (Å²) in [6, 6.07) is 3.52. The van der Waals surface area contributed by atoms with Gasteiger partial charge in [0.25, 0.3) is 0 Å². The predicted molar refractivity (Wildman–Crippen MR) is 96.3 cm³/mol. The average molecular weight is 396 g/mol. The SMILES string of the molecule is Cc1nnc(S[C@@H](C)C(=O)Nc2nc(-c3ccc(F)c(F)c3)cs2)n1N. The average Bonchev–Trinajstić information content (AvgIpc) is 3.19. The van der Waals surface area contributed by atoms with Gasteiger partial charge >= 0.3 is 0 Å². The van der Waals surface area contributed by atoms with Gasteiger partial charge in [0.15, 0.2) is 16.8 Å². The number of hydrogen-bond donors (Lipinski definition) is 2. The number of thiazole rings is 1. The highest BCUT2D eigenvalue weighted by molar-refractivity contribution is 8.00. The molecule has 0 aliphatic heterocycles. The second-order valence-electron chi connectivity index (χ2n) is 5.32. The molecule has 0 saturated carbocycles. The monoisotopic (exact) mass is 396 g/mol. The van der Waals surface area contributed by atoms with Crippen molar-refractivity contribution < 1.29 is 13.6 Å². The van der Waals surface area contributed by atoms with Gasteiger partial charge in [-0.3, -0.25) is 4.79 Å². The smallest absolute Gasteiger partial charge is 0.239 e. The Morgan fingerprint density at radius 1 is 1.35 bits per heavy atom. The van der Waals surface area contributed by atoms with E-state index in [0.29, 0.717) is 27.4 Å². The lowest BCUT2D eigenvalue weighted by Crippen LogP contribution is -2.23. The molecule has 7 nitrogen and oxygen atoms in total. The van der Waals surface area contributed by atoms with E-state index in [1.165, 1.54) is 22.1 Å². The number of anilines is 1. The van der Waals surface area contributed by atoms with Crippen LogP contribution in [-0.4, -0.2) is 31.0 Å². The minimum atomic E-state index is -0.952. The number of thioether (sulfide) groups is 1. The molecule has 0 saturated heterocycles. The summed E-state index contributed by atoms with van der Waals surface area (Å²) in [6.45, 7) is 3.41. The number of nitrogens with two attached hydrogens (primary N) is 1. The molecule has 136 valence electrons. The highest BCUT2D eigenvalue weighted by atomic mass is 32.2. The standard InChI is InChI=1S/C15H14F2N6OS2/c1-7(26-15-22-21-8(2)23(15)18)13(24)20-14-19-12(6-25-14)9-3-4-10(16)11(17)5-9/h3-7H,18H2,1-2H3,(H,19,20,24)/t7-/m0/s1. The molecule has 0 bridgehead atoms. The number of rotatable bonds is 5. The zero-order valence-electron chi connectivity index (χ0n) is 13.7. The first-order valence-electron chi connectivity index (χ1n) is 7.40. The molecule has 0 aliphatic carbocycles. The lowest BCUT2D eigenvalue weighted by molar-refractivity contribution is -0.115. The second-order valence-corrected chi connectivity index (χ2v) is 7.48. The van der Waals surface area contributed by atoms with E-state index in [1.54, 1.807) is 19.2 Å². The van der Waals surface area contributed by atoms with Crippen LogP contribution in [0.1, 0.15) is 12.7 Å². The maximum Gasteiger partial charge on any atom is 0.239 e. The van der Waals surface area contributed by atoms with Gasteiger partial charge in [-0.15, -0.1) is 21.5 Å². The van der Waals surface area contributed by atoms with Gasteiger partial charge in [-0.1, -0.05) is 11.8 Å². The number of carbonyl (C=O) groups excluding carboxylic acids is 1. The van der Waals surface area contributed by atoms with E-state index in [1.807, 2.05) is 0 Å². The molecule has 0 unspecified atom stereocenters. The molecule has 0 fully saturated rings. The summed E-state index contributed by atoms with van der Waals surface area (Å²) in [4.78, 5) is 16.5. The summed E-state index contributed by atoms with van der Waals surface area (Å²) >= 11 is 2.35. The van der Waals surface area contributed by atoms with Crippen LogP contribution in [0.5, 0.6) is 0 Å². The van der Waals surface area contributed by atoms with Crippen LogP contribution in [0.3, 0.4) is 0 Å². The maximum atomic E-state index is 13.3. The number of aromatic nitrogens is 4. The van der Waals surface area contributed by atoms with Crippen LogP contribution in [-0.2, 0) is 4.79 Å². The summed E-state index contributed by atoms with van der Waals surface area (Å²) in [7, 11) is 0. The van der Waals surface area contributed by atoms with Crippen molar-refractivity contribution in [2.24, 2.45) is 0 Å². The number of benzene rings is 1. The molecule has 2 aromatic heterocycles. The van der Waals surface area contributed by atoms with E-state index in [4.69, 9.17) is 5.84 Å². The van der Waals surface area contributed by atoms with Crippen LogP contribution in [0.2, 0.25) is 0 Å². The van der Waals surface area contributed by atoms with Crippen LogP contribution in [0.15, 0.2) is 28.7 Å². The fraction of sp³-hybridized carbons (Fsp3) is 0.200. The Bertz CT molecular complexity index is 958. The Morgan fingerprint density at radius 2 is 2.12 bits per heavy atom. The first-order valence-corrected chi connectivity index (χ1v) is 9.16. The number of nitrogens with zero attached hydrogens (tertiary/aromatic N) is 4. The Hall–Kier alpha value is -2.53. The van der Waals surface area contributed by atoms with Gasteiger partial charge in [-0.25, -0.2) is 18.4 Å². The summed E-state index contributed by atoms with van der Waals surface area (Å²) < 4.78 is 27.7. The van der Waals surface area contributed by atoms with Crippen molar-refractivity contribution in [1.82, 2.24) is 19.9 Å².